The van der Waals surface area contributed by atoms with Gasteiger partial charge in [-0.3, -0.25) is 0 Å². The van der Waals surface area contributed by atoms with Crippen molar-refractivity contribution in [1.82, 2.24) is 4.90 Å². The summed E-state index contributed by atoms with van der Waals surface area (Å²) < 4.78 is 43.2. The van der Waals surface area contributed by atoms with Crippen molar-refractivity contribution in [2.24, 2.45) is 0 Å². The lowest BCUT2D eigenvalue weighted by Gasteiger charge is -2.23. The normalized spacial score (nSPS) is 20.0. The Morgan fingerprint density at radius 1 is 1.24 bits per heavy atom. The molecule has 9 heteroatoms. The molecule has 25 heavy (non-hydrogen) atoms. The molecule has 0 aliphatic carbocycles. The molecule has 0 saturated carbocycles. The molecule has 0 bridgehead atoms. The van der Waals surface area contributed by atoms with E-state index in [1.807, 2.05) is 0 Å². The van der Waals surface area contributed by atoms with Crippen LogP contribution in [-0.2, 0) is 9.31 Å². The topological polar surface area (TPSA) is 71.4 Å². The molecule has 1 aliphatic rings. The largest absolute Gasteiger partial charge is 0.640 e. The van der Waals surface area contributed by atoms with Crippen LogP contribution in [-0.4, -0.2) is 35.4 Å². The maximum atomic E-state index is 13.7. The molecule has 134 valence electrons. The van der Waals surface area contributed by atoms with Crippen LogP contribution >= 0.6 is 0 Å². The summed E-state index contributed by atoms with van der Waals surface area (Å²) in [6.45, 7) is 5.31. The number of benzene rings is 1. The van der Waals surface area contributed by atoms with Crippen molar-refractivity contribution in [1.29, 1.82) is 0 Å². The number of aliphatic hydroxyl groups is 2. The van der Waals surface area contributed by atoms with E-state index in [4.69, 9.17) is 14.0 Å². The first-order valence-electron chi connectivity index (χ1n) is 7.43. The van der Waals surface area contributed by atoms with Crippen LogP contribution in [0.15, 0.2) is 49.1 Å². The number of hydrogen-bond donors (Lipinski definition) is 2. The molecule has 0 amide bonds. The Hall–Kier alpha value is -2.84. The third-order valence-corrected chi connectivity index (χ3v) is 3.22. The van der Waals surface area contributed by atoms with Crippen LogP contribution in [0, 0.1) is 11.6 Å². The standard InChI is InChI=1S/C16H18BF2NO5/c1-4-5-10(2)23-14-7-13(19)12(18)6-11(14)17-24-15(21)8-20(3)9-16(22)25-17/h4,6-10,21-22H,1,5H2,2-3H3/b15-8-,16-9-/t10-/m0/s1. The van der Waals surface area contributed by atoms with E-state index in [0.29, 0.717) is 6.42 Å². The van der Waals surface area contributed by atoms with Gasteiger partial charge in [-0.1, -0.05) is 6.08 Å². The van der Waals surface area contributed by atoms with E-state index >= 15 is 0 Å². The van der Waals surface area contributed by atoms with Crippen LogP contribution in [0.2, 0.25) is 0 Å². The van der Waals surface area contributed by atoms with Gasteiger partial charge in [0, 0.05) is 19.5 Å². The first-order chi connectivity index (χ1) is 11.8. The highest BCUT2D eigenvalue weighted by Crippen LogP contribution is 2.20. The van der Waals surface area contributed by atoms with Gasteiger partial charge in [-0.2, -0.15) is 0 Å². The second kappa shape index (κ2) is 7.82. The van der Waals surface area contributed by atoms with Crippen LogP contribution < -0.4 is 10.2 Å². The molecule has 0 radical (unpaired) electrons. The van der Waals surface area contributed by atoms with E-state index in [1.54, 1.807) is 13.0 Å². The Labute approximate surface area is 144 Å². The number of ether oxygens (including phenoxy) is 1. The molecule has 0 unspecified atom stereocenters. The minimum atomic E-state index is -1.46. The number of halogens is 2. The van der Waals surface area contributed by atoms with Gasteiger partial charge in [0.1, 0.15) is 5.75 Å². The summed E-state index contributed by atoms with van der Waals surface area (Å²) in [4.78, 5) is 1.29. The van der Waals surface area contributed by atoms with Crippen LogP contribution in [0.4, 0.5) is 8.78 Å². The zero-order chi connectivity index (χ0) is 18.6. The molecule has 1 aliphatic heterocycles. The zero-order valence-electron chi connectivity index (χ0n) is 13.8. The Morgan fingerprint density at radius 2 is 1.80 bits per heavy atom. The molecule has 1 aromatic carbocycles. The number of nitrogens with zero attached hydrogens (tertiary/aromatic N) is 1. The van der Waals surface area contributed by atoms with Crippen molar-refractivity contribution < 1.29 is 33.0 Å². The Bertz CT molecular complexity index is 688. The number of aliphatic hydroxyl groups excluding tert-OH is 2. The Kier molecular flexibility index (Phi) is 5.79. The average molecular weight is 353 g/mol. The molecule has 6 nitrogen and oxygen atoms in total. The van der Waals surface area contributed by atoms with Crippen LogP contribution in [0.1, 0.15) is 13.3 Å². The molecular formula is C16H18BF2NO5. The maximum Gasteiger partial charge on any atom is 0.640 e. The van der Waals surface area contributed by atoms with Crippen molar-refractivity contribution in [2.45, 2.75) is 19.4 Å². The zero-order valence-corrected chi connectivity index (χ0v) is 13.8. The van der Waals surface area contributed by atoms with Crippen LogP contribution in [0.5, 0.6) is 5.75 Å². The maximum absolute atomic E-state index is 13.7. The lowest BCUT2D eigenvalue weighted by Crippen LogP contribution is -2.40. The number of rotatable bonds is 5. The van der Waals surface area contributed by atoms with E-state index in [1.165, 1.54) is 11.9 Å². The highest BCUT2D eigenvalue weighted by atomic mass is 19.2. The van der Waals surface area contributed by atoms with Crippen molar-refractivity contribution in [3.63, 3.8) is 0 Å². The summed E-state index contributed by atoms with van der Waals surface area (Å²) in [7, 11) is 0.0602. The number of hydrogen-bond acceptors (Lipinski definition) is 6. The van der Waals surface area contributed by atoms with Gasteiger partial charge in [0.2, 0.25) is 0 Å². The minimum absolute atomic E-state index is 0.0423. The lowest BCUT2D eigenvalue weighted by molar-refractivity contribution is 0.124. The molecule has 1 heterocycles. The fourth-order valence-electron chi connectivity index (χ4n) is 2.15. The van der Waals surface area contributed by atoms with E-state index < -0.39 is 30.6 Å². The van der Waals surface area contributed by atoms with Gasteiger partial charge in [0.05, 0.1) is 24.0 Å². The van der Waals surface area contributed by atoms with Crippen molar-refractivity contribution in [3.8, 4) is 5.75 Å². The molecular weight excluding hydrogens is 335 g/mol. The summed E-state index contributed by atoms with van der Waals surface area (Å²) in [5.74, 6) is -3.42. The van der Waals surface area contributed by atoms with Gasteiger partial charge in [0.25, 0.3) is 11.9 Å². The van der Waals surface area contributed by atoms with Gasteiger partial charge in [-0.25, -0.2) is 8.78 Å². The van der Waals surface area contributed by atoms with E-state index in [9.17, 15) is 19.0 Å². The molecule has 1 aromatic rings. The predicted octanol–water partition coefficient (Wildman–Crippen LogP) is 2.70. The lowest BCUT2D eigenvalue weighted by atomic mass is 9.77. The summed E-state index contributed by atoms with van der Waals surface area (Å²) in [5, 5.41) is 19.5. The highest BCUT2D eigenvalue weighted by Gasteiger charge is 2.34. The average Bonchev–Trinajstić information content (AvgIpc) is 2.48. The quantitative estimate of drug-likeness (QED) is 0.627. The van der Waals surface area contributed by atoms with Crippen LogP contribution in [0.25, 0.3) is 0 Å². The Balaban J connectivity index is 2.41. The summed E-state index contributed by atoms with van der Waals surface area (Å²) >= 11 is 0. The van der Waals surface area contributed by atoms with Gasteiger partial charge in [-0.15, -0.1) is 6.58 Å². The fourth-order valence-corrected chi connectivity index (χ4v) is 2.15. The van der Waals surface area contributed by atoms with Crippen LogP contribution in [0.3, 0.4) is 0 Å². The first-order valence-corrected chi connectivity index (χ1v) is 7.43. The van der Waals surface area contributed by atoms with E-state index in [-0.39, 0.29) is 17.3 Å². The second-order valence-electron chi connectivity index (χ2n) is 5.42. The molecule has 1 atom stereocenters. The van der Waals surface area contributed by atoms with E-state index in [2.05, 4.69) is 6.58 Å². The molecule has 0 fully saturated rings. The smallest absolute Gasteiger partial charge is 0.494 e. The van der Waals surface area contributed by atoms with Gasteiger partial charge in [0.15, 0.2) is 11.6 Å². The third-order valence-electron chi connectivity index (χ3n) is 3.22. The molecule has 0 spiro atoms. The second-order valence-corrected chi connectivity index (χ2v) is 5.42. The van der Waals surface area contributed by atoms with Crippen molar-refractivity contribution >= 4 is 12.6 Å². The van der Waals surface area contributed by atoms with Gasteiger partial charge in [-0.05, 0) is 13.0 Å². The summed E-state index contributed by atoms with van der Waals surface area (Å²) in [6, 6.07) is 1.67. The molecule has 2 rings (SSSR count). The Morgan fingerprint density at radius 3 is 2.36 bits per heavy atom. The molecule has 2 N–H and O–H groups in total. The monoisotopic (exact) mass is 353 g/mol. The molecule has 0 aromatic heterocycles. The predicted molar refractivity (Wildman–Crippen MR) is 88.0 cm³/mol. The molecule has 0 saturated heterocycles. The van der Waals surface area contributed by atoms with Crippen molar-refractivity contribution in [3.05, 3.63) is 60.7 Å². The first kappa shape index (κ1) is 18.5. The summed E-state index contributed by atoms with van der Waals surface area (Å²) in [5.41, 5.74) is -0.0423. The highest BCUT2D eigenvalue weighted by molar-refractivity contribution is 6.62. The van der Waals surface area contributed by atoms with Gasteiger partial charge < -0.3 is 29.2 Å². The van der Waals surface area contributed by atoms with Crippen molar-refractivity contribution in [2.75, 3.05) is 7.05 Å². The SMILES string of the molecule is C=CC[C@H](C)Oc1cc(F)c(F)cc1B1O/C(O)=C\N(C)/C=C(/O)O1. The minimum Gasteiger partial charge on any atom is -0.494 e. The summed E-state index contributed by atoms with van der Waals surface area (Å²) in [6.07, 6.45) is 4.02. The fraction of sp³-hybridized carbons (Fsp3) is 0.250. The van der Waals surface area contributed by atoms with Gasteiger partial charge >= 0.3 is 7.12 Å². The van der Waals surface area contributed by atoms with E-state index in [0.717, 1.165) is 24.5 Å². The third kappa shape index (κ3) is 4.82.